The Balaban J connectivity index is 2.14. The lowest BCUT2D eigenvalue weighted by Crippen LogP contribution is -2.20. The molecule has 0 aromatic carbocycles. The Morgan fingerprint density at radius 2 is 2.22 bits per heavy atom. The summed E-state index contributed by atoms with van der Waals surface area (Å²) in [4.78, 5) is 7.15. The third-order valence-corrected chi connectivity index (χ3v) is 4.45. The fourth-order valence-corrected chi connectivity index (χ4v) is 3.07. The average Bonchev–Trinajstić information content (AvgIpc) is 3.04. The Kier molecular flexibility index (Phi) is 4.49. The third kappa shape index (κ3) is 2.79. The lowest BCUT2D eigenvalue weighted by Gasteiger charge is -2.14. The van der Waals surface area contributed by atoms with Gasteiger partial charge in [0, 0.05) is 28.8 Å². The van der Waals surface area contributed by atoms with Crippen molar-refractivity contribution in [2.45, 2.75) is 39.3 Å². The molecule has 1 N–H and O–H groups in total. The second-order valence-electron chi connectivity index (χ2n) is 4.20. The van der Waals surface area contributed by atoms with Crippen LogP contribution in [0.3, 0.4) is 0 Å². The molecule has 1 unspecified atom stereocenters. The molecular formula is C13H20N4S. The molecule has 0 radical (unpaired) electrons. The zero-order valence-electron chi connectivity index (χ0n) is 11.2. The molecule has 0 bridgehead atoms. The van der Waals surface area contributed by atoms with E-state index in [1.165, 1.54) is 9.75 Å². The van der Waals surface area contributed by atoms with Crippen molar-refractivity contribution in [3.05, 3.63) is 34.0 Å². The van der Waals surface area contributed by atoms with Crippen LogP contribution < -0.4 is 5.32 Å². The van der Waals surface area contributed by atoms with Gasteiger partial charge in [-0.2, -0.15) is 5.10 Å². The van der Waals surface area contributed by atoms with Crippen LogP contribution in [0, 0.1) is 0 Å². The Labute approximate surface area is 112 Å². The normalized spacial score (nSPS) is 12.8. The zero-order chi connectivity index (χ0) is 13.0. The summed E-state index contributed by atoms with van der Waals surface area (Å²) < 4.78 is 1.96. The van der Waals surface area contributed by atoms with Crippen LogP contribution in [0.1, 0.15) is 35.5 Å². The molecule has 0 amide bonds. The first kappa shape index (κ1) is 13.2. The lowest BCUT2D eigenvalue weighted by molar-refractivity contribution is 0.539. The number of aryl methyl sites for hydroxylation is 2. The minimum Gasteiger partial charge on any atom is -0.312 e. The van der Waals surface area contributed by atoms with E-state index in [1.54, 1.807) is 6.33 Å². The molecule has 0 aliphatic carbocycles. The van der Waals surface area contributed by atoms with Gasteiger partial charge in [0.25, 0.3) is 0 Å². The standard InChI is InChI=1S/C13H20N4S/c1-4-10-6-7-12(18-10)11(14-3)8-13-15-9-16-17(13)5-2/h6-7,9,11,14H,4-5,8H2,1-3H3. The monoisotopic (exact) mass is 264 g/mol. The summed E-state index contributed by atoms with van der Waals surface area (Å²) in [6.45, 7) is 5.15. The van der Waals surface area contributed by atoms with Crippen LogP contribution in [0.4, 0.5) is 0 Å². The number of rotatable bonds is 6. The molecule has 0 saturated carbocycles. The summed E-state index contributed by atoms with van der Waals surface area (Å²) in [7, 11) is 2.00. The van der Waals surface area contributed by atoms with E-state index >= 15 is 0 Å². The average molecular weight is 264 g/mol. The minimum absolute atomic E-state index is 0.324. The number of nitrogens with zero attached hydrogens (tertiary/aromatic N) is 3. The fourth-order valence-electron chi connectivity index (χ4n) is 2.01. The Morgan fingerprint density at radius 3 is 2.83 bits per heavy atom. The highest BCUT2D eigenvalue weighted by atomic mass is 32.1. The van der Waals surface area contributed by atoms with Crippen LogP contribution in [0.2, 0.25) is 0 Å². The van der Waals surface area contributed by atoms with Gasteiger partial charge in [-0.15, -0.1) is 11.3 Å². The van der Waals surface area contributed by atoms with Crippen molar-refractivity contribution in [3.63, 3.8) is 0 Å². The van der Waals surface area contributed by atoms with E-state index in [9.17, 15) is 0 Å². The van der Waals surface area contributed by atoms with Gasteiger partial charge in [-0.3, -0.25) is 4.68 Å². The fraction of sp³-hybridized carbons (Fsp3) is 0.538. The molecule has 0 aliphatic rings. The molecule has 1 atom stereocenters. The van der Waals surface area contributed by atoms with Gasteiger partial charge in [-0.05, 0) is 32.5 Å². The van der Waals surface area contributed by atoms with Crippen molar-refractivity contribution in [3.8, 4) is 0 Å². The van der Waals surface area contributed by atoms with E-state index < -0.39 is 0 Å². The van der Waals surface area contributed by atoms with E-state index in [1.807, 2.05) is 23.1 Å². The molecule has 0 spiro atoms. The van der Waals surface area contributed by atoms with Crippen molar-refractivity contribution in [2.75, 3.05) is 7.05 Å². The van der Waals surface area contributed by atoms with E-state index in [0.717, 1.165) is 25.2 Å². The maximum Gasteiger partial charge on any atom is 0.138 e. The van der Waals surface area contributed by atoms with Crippen molar-refractivity contribution in [1.29, 1.82) is 0 Å². The van der Waals surface area contributed by atoms with Crippen LogP contribution in [-0.4, -0.2) is 21.8 Å². The first-order valence-corrected chi connectivity index (χ1v) is 7.22. The summed E-state index contributed by atoms with van der Waals surface area (Å²) in [5.41, 5.74) is 0. The van der Waals surface area contributed by atoms with Crippen LogP contribution in [0.15, 0.2) is 18.5 Å². The molecule has 2 rings (SSSR count). The number of aromatic nitrogens is 3. The Hall–Kier alpha value is -1.20. The molecule has 2 aromatic rings. The summed E-state index contributed by atoms with van der Waals surface area (Å²) in [5, 5.41) is 7.59. The van der Waals surface area contributed by atoms with Gasteiger partial charge in [0.1, 0.15) is 12.2 Å². The molecule has 0 saturated heterocycles. The van der Waals surface area contributed by atoms with Crippen molar-refractivity contribution in [2.24, 2.45) is 0 Å². The highest BCUT2D eigenvalue weighted by Gasteiger charge is 2.15. The minimum atomic E-state index is 0.324. The van der Waals surface area contributed by atoms with Crippen LogP contribution in [-0.2, 0) is 19.4 Å². The van der Waals surface area contributed by atoms with Gasteiger partial charge in [-0.25, -0.2) is 4.98 Å². The number of likely N-dealkylation sites (N-methyl/N-ethyl adjacent to an activating group) is 1. The second kappa shape index (κ2) is 6.11. The van der Waals surface area contributed by atoms with Crippen molar-refractivity contribution in [1.82, 2.24) is 20.1 Å². The summed E-state index contributed by atoms with van der Waals surface area (Å²) >= 11 is 1.88. The molecule has 5 heteroatoms. The van der Waals surface area contributed by atoms with Gasteiger partial charge in [0.05, 0.1) is 0 Å². The predicted molar refractivity (Wildman–Crippen MR) is 74.9 cm³/mol. The summed E-state index contributed by atoms with van der Waals surface area (Å²) in [6, 6.07) is 4.76. The molecule has 18 heavy (non-hydrogen) atoms. The maximum absolute atomic E-state index is 4.34. The highest BCUT2D eigenvalue weighted by molar-refractivity contribution is 7.12. The molecule has 98 valence electrons. The molecular weight excluding hydrogens is 244 g/mol. The lowest BCUT2D eigenvalue weighted by atomic mass is 10.1. The highest BCUT2D eigenvalue weighted by Crippen LogP contribution is 2.25. The molecule has 2 heterocycles. The van der Waals surface area contributed by atoms with Crippen LogP contribution in [0.25, 0.3) is 0 Å². The molecule has 2 aromatic heterocycles. The number of thiophene rings is 1. The Morgan fingerprint density at radius 1 is 1.39 bits per heavy atom. The van der Waals surface area contributed by atoms with Gasteiger partial charge in [-0.1, -0.05) is 6.92 Å². The van der Waals surface area contributed by atoms with E-state index in [4.69, 9.17) is 0 Å². The van der Waals surface area contributed by atoms with E-state index in [0.29, 0.717) is 6.04 Å². The van der Waals surface area contributed by atoms with Crippen LogP contribution in [0.5, 0.6) is 0 Å². The summed E-state index contributed by atoms with van der Waals surface area (Å²) in [6.07, 6.45) is 3.62. The van der Waals surface area contributed by atoms with Crippen LogP contribution >= 0.6 is 11.3 Å². The first-order chi connectivity index (χ1) is 8.78. The van der Waals surface area contributed by atoms with Gasteiger partial charge < -0.3 is 5.32 Å². The zero-order valence-corrected chi connectivity index (χ0v) is 12.0. The largest absolute Gasteiger partial charge is 0.312 e. The molecule has 4 nitrogen and oxygen atoms in total. The smallest absolute Gasteiger partial charge is 0.138 e. The molecule has 0 fully saturated rings. The number of hydrogen-bond acceptors (Lipinski definition) is 4. The molecule has 0 aliphatic heterocycles. The maximum atomic E-state index is 4.34. The van der Waals surface area contributed by atoms with Gasteiger partial charge >= 0.3 is 0 Å². The SMILES string of the molecule is CCc1ccc(C(Cc2ncnn2CC)NC)s1. The van der Waals surface area contributed by atoms with E-state index in [2.05, 4.69) is 41.4 Å². The summed E-state index contributed by atoms with van der Waals surface area (Å²) in [5.74, 6) is 1.04. The number of nitrogens with one attached hydrogen (secondary N) is 1. The Bertz CT molecular complexity index is 489. The third-order valence-electron chi connectivity index (χ3n) is 3.10. The van der Waals surface area contributed by atoms with Crippen molar-refractivity contribution >= 4 is 11.3 Å². The predicted octanol–water partition coefficient (Wildman–Crippen LogP) is 2.43. The second-order valence-corrected chi connectivity index (χ2v) is 5.39. The van der Waals surface area contributed by atoms with Gasteiger partial charge in [0.2, 0.25) is 0 Å². The van der Waals surface area contributed by atoms with E-state index in [-0.39, 0.29) is 0 Å². The topological polar surface area (TPSA) is 42.7 Å². The van der Waals surface area contributed by atoms with Crippen molar-refractivity contribution < 1.29 is 0 Å². The first-order valence-electron chi connectivity index (χ1n) is 6.41. The quantitative estimate of drug-likeness (QED) is 0.871. The number of hydrogen-bond donors (Lipinski definition) is 1. The van der Waals surface area contributed by atoms with Gasteiger partial charge in [0.15, 0.2) is 0 Å².